The van der Waals surface area contributed by atoms with Gasteiger partial charge >= 0.3 is 5.97 Å². The van der Waals surface area contributed by atoms with E-state index in [0.717, 1.165) is 30.0 Å². The van der Waals surface area contributed by atoms with Crippen molar-refractivity contribution in [3.05, 3.63) is 118 Å². The Morgan fingerprint density at radius 2 is 1.46 bits per heavy atom. The van der Waals surface area contributed by atoms with Gasteiger partial charge < -0.3 is 13.9 Å². The van der Waals surface area contributed by atoms with Gasteiger partial charge in [0.05, 0.1) is 18.8 Å². The minimum atomic E-state index is -2.71. The van der Waals surface area contributed by atoms with Crippen LogP contribution in [0, 0.1) is 0 Å². The topological polar surface area (TPSA) is 44.8 Å². The lowest BCUT2D eigenvalue weighted by atomic mass is 10.1. The Kier molecular flexibility index (Phi) is 16.9. The molecule has 0 radical (unpaired) electrons. The van der Waals surface area contributed by atoms with Gasteiger partial charge in [-0.2, -0.15) is 0 Å². The van der Waals surface area contributed by atoms with Crippen LogP contribution in [0.4, 0.5) is 0 Å². The molecule has 2 aromatic carbocycles. The predicted molar refractivity (Wildman–Crippen MR) is 211 cm³/mol. The van der Waals surface area contributed by atoms with Crippen molar-refractivity contribution in [1.82, 2.24) is 0 Å². The monoisotopic (exact) mass is 770 g/mol. The second-order valence-electron chi connectivity index (χ2n) is 14.0. The van der Waals surface area contributed by atoms with Gasteiger partial charge in [-0.15, -0.1) is 0 Å². The summed E-state index contributed by atoms with van der Waals surface area (Å²) in [7, 11) is -2.13. The van der Waals surface area contributed by atoms with Crippen LogP contribution in [0.3, 0.4) is 0 Å². The van der Waals surface area contributed by atoms with Gasteiger partial charge in [-0.3, -0.25) is 0 Å². The van der Waals surface area contributed by atoms with Crippen molar-refractivity contribution >= 4 is 55.3 Å². The summed E-state index contributed by atoms with van der Waals surface area (Å²) < 4.78 is 20.8. The molecule has 0 N–H and O–H groups in total. The first-order valence-electron chi connectivity index (χ1n) is 16.2. The number of rotatable bonds is 17. The number of ether oxygens (including phenoxy) is 2. The second kappa shape index (κ2) is 19.5. The van der Waals surface area contributed by atoms with E-state index in [4.69, 9.17) is 13.9 Å². The van der Waals surface area contributed by atoms with E-state index < -0.39 is 16.4 Å². The zero-order chi connectivity index (χ0) is 34.2. The Morgan fingerprint density at radius 3 is 1.96 bits per heavy atom. The van der Waals surface area contributed by atoms with Crippen molar-refractivity contribution in [2.75, 3.05) is 13.7 Å². The fourth-order valence-electron chi connectivity index (χ4n) is 5.20. The largest absolute Gasteiger partial charge is 0.463 e. The van der Waals surface area contributed by atoms with Gasteiger partial charge in [-0.05, 0) is 45.8 Å². The van der Waals surface area contributed by atoms with Crippen molar-refractivity contribution in [3.63, 3.8) is 0 Å². The molecule has 0 aromatic heterocycles. The summed E-state index contributed by atoms with van der Waals surface area (Å²) in [5.74, 6) is -0.289. The van der Waals surface area contributed by atoms with Gasteiger partial charge in [-0.1, -0.05) is 171 Å². The lowest BCUT2D eigenvalue weighted by molar-refractivity contribution is -0.137. The summed E-state index contributed by atoms with van der Waals surface area (Å²) in [6.07, 6.45) is 15.1. The summed E-state index contributed by atoms with van der Waals surface area (Å²) in [6, 6.07) is 22.5. The first-order chi connectivity index (χ1) is 21.7. The van der Waals surface area contributed by atoms with Crippen molar-refractivity contribution in [2.45, 2.75) is 90.4 Å². The van der Waals surface area contributed by atoms with Crippen molar-refractivity contribution in [2.24, 2.45) is 0 Å². The highest BCUT2D eigenvalue weighted by molar-refractivity contribution is 14.1. The van der Waals surface area contributed by atoms with Crippen LogP contribution in [0.5, 0.6) is 0 Å². The van der Waals surface area contributed by atoms with E-state index in [9.17, 15) is 4.79 Å². The molecule has 0 amide bonds. The number of carbonyl (C=O) groups is 1. The molecule has 7 heteroatoms. The molecule has 0 saturated heterocycles. The Hall–Kier alpha value is -2.31. The minimum Gasteiger partial charge on any atom is -0.463 e. The summed E-state index contributed by atoms with van der Waals surface area (Å²) in [4.78, 5) is 12.0. The predicted octanol–water partition coefficient (Wildman–Crippen LogP) is 9.56. The zero-order valence-corrected chi connectivity index (χ0v) is 33.5. The van der Waals surface area contributed by atoms with E-state index in [1.165, 1.54) is 16.4 Å². The number of hydrogen-bond acceptors (Lipinski definition) is 4. The number of hydrogen-bond donors (Lipinski definition) is 0. The van der Waals surface area contributed by atoms with E-state index in [0.29, 0.717) is 6.61 Å². The van der Waals surface area contributed by atoms with Gasteiger partial charge in [0.15, 0.2) is 0 Å². The average molecular weight is 771 g/mol. The minimum absolute atomic E-state index is 0.00861. The molecule has 0 aliphatic carbocycles. The summed E-state index contributed by atoms with van der Waals surface area (Å²) in [6.45, 7) is 18.4. The molecule has 0 saturated carbocycles. The molecule has 0 bridgehead atoms. The Balaban J connectivity index is 2.16. The normalized spacial score (nSPS) is 15.2. The van der Waals surface area contributed by atoms with E-state index in [1.807, 2.05) is 13.0 Å². The maximum Gasteiger partial charge on any atom is 0.330 e. The molecular formula is C39H55IO4Si2. The van der Waals surface area contributed by atoms with Crippen LogP contribution in [0.25, 0.3) is 0 Å². The Morgan fingerprint density at radius 1 is 0.891 bits per heavy atom. The van der Waals surface area contributed by atoms with Crippen LogP contribution in [0.2, 0.25) is 30.7 Å². The third-order valence-corrected chi connectivity index (χ3v) is 15.0. The molecule has 0 spiro atoms. The van der Waals surface area contributed by atoms with Crippen molar-refractivity contribution < 1.29 is 18.7 Å². The van der Waals surface area contributed by atoms with Crippen LogP contribution in [0.15, 0.2) is 118 Å². The number of esters is 1. The molecule has 250 valence electrons. The molecule has 0 aliphatic rings. The standard InChI is InChI=1S/C39H55IO4Si2/c1-32(17-16-22-38(41)43-29-30-45(7,8)9)23-24-33(2)25-26-34(42-6)31-35(27-28-40)44-46(39(3,4)5,36-18-12-10-13-19-36)37-20-14-11-15-21-37/h10-25,27-28,34-35H,26,29-31H2,1-9H3/b22-16+,24-23+,28-27+,32-17-,33-25-/t34-,35+/m0/s1. The van der Waals surface area contributed by atoms with Crippen LogP contribution < -0.4 is 10.4 Å². The van der Waals surface area contributed by atoms with Crippen molar-refractivity contribution in [3.8, 4) is 0 Å². The van der Waals surface area contributed by atoms with Crippen LogP contribution in [0.1, 0.15) is 47.5 Å². The molecule has 2 aromatic rings. The lowest BCUT2D eigenvalue weighted by Crippen LogP contribution is -2.67. The Labute approximate surface area is 295 Å². The summed E-state index contributed by atoms with van der Waals surface area (Å²) in [5.41, 5.74) is 2.20. The number of allylic oxidation sites excluding steroid dienone is 6. The van der Waals surface area contributed by atoms with Crippen LogP contribution in [-0.2, 0) is 18.7 Å². The third kappa shape index (κ3) is 13.4. The highest BCUT2D eigenvalue weighted by Crippen LogP contribution is 2.38. The molecule has 4 nitrogen and oxygen atoms in total. The maximum absolute atomic E-state index is 12.0. The van der Waals surface area contributed by atoms with E-state index in [2.05, 4.69) is 159 Å². The van der Waals surface area contributed by atoms with E-state index in [-0.39, 0.29) is 23.2 Å². The fourth-order valence-corrected chi connectivity index (χ4v) is 11.0. The highest BCUT2D eigenvalue weighted by atomic mass is 127. The SMILES string of the molecule is CO[C@@H](C\C=C(C)/C=C/C(C)=C\C=C\C(=O)OCC[Si](C)(C)C)C[C@@H](/C=C/I)O[Si](c1ccccc1)(c1ccccc1)C(C)(C)C. The fraction of sp³-hybridized carbons (Fsp3) is 0.410. The molecule has 0 unspecified atom stereocenters. The maximum atomic E-state index is 12.0. The van der Waals surface area contributed by atoms with E-state index in [1.54, 1.807) is 13.2 Å². The summed E-state index contributed by atoms with van der Waals surface area (Å²) in [5, 5.41) is 2.44. The van der Waals surface area contributed by atoms with Crippen LogP contribution >= 0.6 is 22.6 Å². The average Bonchev–Trinajstić information content (AvgIpc) is 3.00. The molecular weight excluding hydrogens is 716 g/mol. The second-order valence-corrected chi connectivity index (χ2v) is 24.6. The van der Waals surface area contributed by atoms with Gasteiger partial charge in [-0.25, -0.2) is 4.79 Å². The lowest BCUT2D eigenvalue weighted by Gasteiger charge is -2.45. The molecule has 0 fully saturated rings. The number of carbonyl (C=O) groups excluding carboxylic acids is 1. The highest BCUT2D eigenvalue weighted by Gasteiger charge is 2.51. The summed E-state index contributed by atoms with van der Waals surface area (Å²) >= 11 is 2.29. The number of methoxy groups -OCH3 is 1. The first kappa shape index (κ1) is 39.9. The van der Waals surface area contributed by atoms with Gasteiger partial charge in [0.2, 0.25) is 0 Å². The molecule has 0 aliphatic heterocycles. The quantitative estimate of drug-likeness (QED) is 0.0529. The molecule has 0 heterocycles. The number of benzene rings is 2. The molecule has 46 heavy (non-hydrogen) atoms. The smallest absolute Gasteiger partial charge is 0.330 e. The van der Waals surface area contributed by atoms with Gasteiger partial charge in [0.25, 0.3) is 8.32 Å². The molecule has 2 atom stereocenters. The van der Waals surface area contributed by atoms with E-state index >= 15 is 0 Å². The molecule has 2 rings (SSSR count). The number of halogens is 1. The Bertz CT molecular complexity index is 1310. The van der Waals surface area contributed by atoms with Crippen LogP contribution in [-0.4, -0.2) is 48.3 Å². The first-order valence-corrected chi connectivity index (χ1v) is 23.0. The third-order valence-electron chi connectivity index (χ3n) is 7.86. The van der Waals surface area contributed by atoms with Gasteiger partial charge in [0.1, 0.15) is 0 Å². The van der Waals surface area contributed by atoms with Crippen molar-refractivity contribution in [1.29, 1.82) is 0 Å². The van der Waals surface area contributed by atoms with Gasteiger partial charge in [0, 0.05) is 27.7 Å². The zero-order valence-electron chi connectivity index (χ0n) is 29.4.